The Kier molecular flexibility index (Phi) is 4.06. The van der Waals surface area contributed by atoms with E-state index in [1.807, 2.05) is 0 Å². The molecule has 0 spiro atoms. The first-order valence-electron chi connectivity index (χ1n) is 7.03. The van der Waals surface area contributed by atoms with Crippen LogP contribution in [0, 0.1) is 0 Å². The van der Waals surface area contributed by atoms with Crippen LogP contribution in [-0.4, -0.2) is 30.4 Å². The van der Waals surface area contributed by atoms with Crippen molar-refractivity contribution in [1.82, 2.24) is 18.7 Å². The summed E-state index contributed by atoms with van der Waals surface area (Å²) in [5, 5.41) is 9.69. The molecule has 23 heavy (non-hydrogen) atoms. The van der Waals surface area contributed by atoms with Gasteiger partial charge in [0.2, 0.25) is 0 Å². The van der Waals surface area contributed by atoms with Gasteiger partial charge >= 0.3 is 5.69 Å². The second-order valence-electron chi connectivity index (χ2n) is 5.19. The van der Waals surface area contributed by atoms with Gasteiger partial charge in [-0.1, -0.05) is 23.7 Å². The van der Waals surface area contributed by atoms with E-state index in [1.54, 1.807) is 35.9 Å². The molecule has 0 aliphatic heterocycles. The summed E-state index contributed by atoms with van der Waals surface area (Å²) in [6, 6.07) is 6.95. The minimum atomic E-state index is -0.438. The quantitative estimate of drug-likeness (QED) is 0.757. The number of aromatic nitrogens is 4. The van der Waals surface area contributed by atoms with Gasteiger partial charge < -0.3 is 9.67 Å². The smallest absolute Gasteiger partial charge is 0.332 e. The normalized spacial score (nSPS) is 11.3. The Balaban J connectivity index is 2.20. The molecule has 7 nitrogen and oxygen atoms in total. The molecular formula is C15H15ClN4O3. The summed E-state index contributed by atoms with van der Waals surface area (Å²) in [6.45, 7) is 0.263. The topological polar surface area (TPSA) is 82.0 Å². The van der Waals surface area contributed by atoms with E-state index in [-0.39, 0.29) is 19.7 Å². The summed E-state index contributed by atoms with van der Waals surface area (Å²) in [5.74, 6) is 0. The van der Waals surface area contributed by atoms with Crippen molar-refractivity contribution in [3.63, 3.8) is 0 Å². The predicted molar refractivity (Wildman–Crippen MR) is 86.9 cm³/mol. The summed E-state index contributed by atoms with van der Waals surface area (Å²) in [6.07, 6.45) is 1.45. The minimum absolute atomic E-state index is 0.120. The molecule has 2 aromatic heterocycles. The molecule has 0 atom stereocenters. The Morgan fingerprint density at radius 3 is 2.57 bits per heavy atom. The molecule has 2 heterocycles. The Hall–Kier alpha value is -2.38. The third kappa shape index (κ3) is 2.69. The van der Waals surface area contributed by atoms with Gasteiger partial charge in [0.15, 0.2) is 11.2 Å². The maximum absolute atomic E-state index is 12.7. The number of imidazole rings is 1. The van der Waals surface area contributed by atoms with Crippen LogP contribution in [0.15, 0.2) is 40.2 Å². The summed E-state index contributed by atoms with van der Waals surface area (Å²) < 4.78 is 4.04. The van der Waals surface area contributed by atoms with Gasteiger partial charge in [0.25, 0.3) is 5.56 Å². The summed E-state index contributed by atoms with van der Waals surface area (Å²) >= 11 is 5.85. The molecular weight excluding hydrogens is 320 g/mol. The van der Waals surface area contributed by atoms with Crippen LogP contribution < -0.4 is 11.2 Å². The molecule has 0 bridgehead atoms. The van der Waals surface area contributed by atoms with Crippen molar-refractivity contribution in [1.29, 1.82) is 0 Å². The highest BCUT2D eigenvalue weighted by atomic mass is 35.5. The maximum atomic E-state index is 12.7. The highest BCUT2D eigenvalue weighted by Gasteiger charge is 2.16. The maximum Gasteiger partial charge on any atom is 0.332 e. The number of halogens is 1. The standard InChI is InChI=1S/C15H15ClN4O3/c1-18-13-12(19(6-7-21)9-17-13)14(22)20(15(18)23)8-10-2-4-11(16)5-3-10/h2-5,9,21H,6-8H2,1H3. The van der Waals surface area contributed by atoms with E-state index in [9.17, 15) is 9.59 Å². The van der Waals surface area contributed by atoms with Crippen LogP contribution in [0.1, 0.15) is 5.56 Å². The first-order chi connectivity index (χ1) is 11.0. The van der Waals surface area contributed by atoms with Crippen LogP contribution in [-0.2, 0) is 20.1 Å². The van der Waals surface area contributed by atoms with Crippen molar-refractivity contribution >= 4 is 22.8 Å². The third-order valence-corrected chi connectivity index (χ3v) is 3.95. The molecule has 0 saturated carbocycles. The Labute approximate surface area is 136 Å². The average Bonchev–Trinajstić information content (AvgIpc) is 2.96. The zero-order chi connectivity index (χ0) is 16.6. The number of aryl methyl sites for hydroxylation is 1. The number of aliphatic hydroxyl groups excluding tert-OH is 1. The van der Waals surface area contributed by atoms with Gasteiger partial charge in [-0.3, -0.25) is 13.9 Å². The van der Waals surface area contributed by atoms with Crippen LogP contribution in [0.25, 0.3) is 11.2 Å². The van der Waals surface area contributed by atoms with E-state index in [1.165, 1.54) is 10.9 Å². The van der Waals surface area contributed by atoms with Crippen LogP contribution in [0.5, 0.6) is 0 Å². The zero-order valence-corrected chi connectivity index (χ0v) is 13.2. The molecule has 0 saturated heterocycles. The number of hydrogen-bond donors (Lipinski definition) is 1. The lowest BCUT2D eigenvalue weighted by molar-refractivity contribution is 0.277. The van der Waals surface area contributed by atoms with Crippen molar-refractivity contribution in [2.75, 3.05) is 6.61 Å². The molecule has 3 aromatic rings. The van der Waals surface area contributed by atoms with E-state index >= 15 is 0 Å². The lowest BCUT2D eigenvalue weighted by Gasteiger charge is -2.09. The number of aliphatic hydroxyl groups is 1. The van der Waals surface area contributed by atoms with Gasteiger partial charge in [0.05, 0.1) is 19.5 Å². The summed E-state index contributed by atoms with van der Waals surface area (Å²) in [7, 11) is 1.57. The van der Waals surface area contributed by atoms with Crippen LogP contribution in [0.2, 0.25) is 5.02 Å². The van der Waals surface area contributed by atoms with E-state index in [0.717, 1.165) is 10.1 Å². The third-order valence-electron chi connectivity index (χ3n) is 3.70. The summed E-state index contributed by atoms with van der Waals surface area (Å²) in [4.78, 5) is 29.3. The first kappa shape index (κ1) is 15.5. The number of fused-ring (bicyclic) bond motifs is 1. The van der Waals surface area contributed by atoms with Gasteiger partial charge in [-0.05, 0) is 17.7 Å². The van der Waals surface area contributed by atoms with E-state index < -0.39 is 11.2 Å². The van der Waals surface area contributed by atoms with Crippen molar-refractivity contribution < 1.29 is 5.11 Å². The van der Waals surface area contributed by atoms with Gasteiger partial charge in [-0.25, -0.2) is 9.78 Å². The van der Waals surface area contributed by atoms with E-state index in [0.29, 0.717) is 16.2 Å². The molecule has 120 valence electrons. The molecule has 0 aliphatic rings. The van der Waals surface area contributed by atoms with E-state index in [2.05, 4.69) is 4.98 Å². The van der Waals surface area contributed by atoms with Gasteiger partial charge in [-0.2, -0.15) is 0 Å². The fraction of sp³-hybridized carbons (Fsp3) is 0.267. The van der Waals surface area contributed by atoms with E-state index in [4.69, 9.17) is 16.7 Å². The van der Waals surface area contributed by atoms with Crippen LogP contribution in [0.4, 0.5) is 0 Å². The molecule has 0 fully saturated rings. The molecule has 0 amide bonds. The monoisotopic (exact) mass is 334 g/mol. The highest BCUT2D eigenvalue weighted by molar-refractivity contribution is 6.30. The predicted octanol–water partition coefficient (Wildman–Crippen LogP) is 0.591. The fourth-order valence-corrected chi connectivity index (χ4v) is 2.64. The molecule has 0 aliphatic carbocycles. The van der Waals surface area contributed by atoms with Crippen LogP contribution >= 0.6 is 11.6 Å². The van der Waals surface area contributed by atoms with Crippen molar-refractivity contribution in [3.8, 4) is 0 Å². The Bertz CT molecular complexity index is 969. The largest absolute Gasteiger partial charge is 0.395 e. The summed E-state index contributed by atoms with van der Waals surface area (Å²) in [5.41, 5.74) is 0.535. The average molecular weight is 335 g/mol. The second kappa shape index (κ2) is 6.02. The van der Waals surface area contributed by atoms with Gasteiger partial charge in [-0.15, -0.1) is 0 Å². The number of nitrogens with zero attached hydrogens (tertiary/aromatic N) is 4. The highest BCUT2D eigenvalue weighted by Crippen LogP contribution is 2.10. The van der Waals surface area contributed by atoms with Gasteiger partial charge in [0.1, 0.15) is 0 Å². The number of hydrogen-bond acceptors (Lipinski definition) is 4. The minimum Gasteiger partial charge on any atom is -0.395 e. The first-order valence-corrected chi connectivity index (χ1v) is 7.40. The lowest BCUT2D eigenvalue weighted by Crippen LogP contribution is -2.40. The molecule has 0 radical (unpaired) electrons. The van der Waals surface area contributed by atoms with Gasteiger partial charge in [0, 0.05) is 18.6 Å². The van der Waals surface area contributed by atoms with Crippen molar-refractivity contribution in [2.24, 2.45) is 7.05 Å². The molecule has 1 aromatic carbocycles. The second-order valence-corrected chi connectivity index (χ2v) is 5.63. The van der Waals surface area contributed by atoms with Crippen LogP contribution in [0.3, 0.4) is 0 Å². The lowest BCUT2D eigenvalue weighted by atomic mass is 10.2. The SMILES string of the molecule is Cn1c(=O)n(Cc2ccc(Cl)cc2)c(=O)c2c1ncn2CCO. The molecule has 0 unspecified atom stereocenters. The fourth-order valence-electron chi connectivity index (χ4n) is 2.51. The number of benzene rings is 1. The Morgan fingerprint density at radius 1 is 1.22 bits per heavy atom. The van der Waals surface area contributed by atoms with Crippen molar-refractivity contribution in [3.05, 3.63) is 62.0 Å². The Morgan fingerprint density at radius 2 is 1.91 bits per heavy atom. The number of rotatable bonds is 4. The zero-order valence-electron chi connectivity index (χ0n) is 12.4. The molecule has 1 N–H and O–H groups in total. The van der Waals surface area contributed by atoms with Crippen molar-refractivity contribution in [2.45, 2.75) is 13.1 Å². The molecule has 3 rings (SSSR count). The molecule has 8 heteroatoms.